The van der Waals surface area contributed by atoms with Crippen molar-refractivity contribution in [1.29, 1.82) is 0 Å². The topological polar surface area (TPSA) is 67.4 Å². The van der Waals surface area contributed by atoms with Crippen LogP contribution in [0.4, 0.5) is 0 Å². The summed E-state index contributed by atoms with van der Waals surface area (Å²) < 4.78 is 5.96. The lowest BCUT2D eigenvalue weighted by molar-refractivity contribution is 0.0958. The van der Waals surface area contributed by atoms with Crippen LogP contribution < -0.4 is 15.4 Å². The third-order valence-electron chi connectivity index (χ3n) is 5.46. The molecule has 33 heavy (non-hydrogen) atoms. The van der Waals surface area contributed by atoms with E-state index in [4.69, 9.17) is 17.6 Å². The summed E-state index contributed by atoms with van der Waals surface area (Å²) >= 11 is 0. The lowest BCUT2D eigenvalue weighted by Crippen LogP contribution is -2.26. The van der Waals surface area contributed by atoms with Gasteiger partial charge in [0.1, 0.15) is 5.75 Å². The maximum Gasteiger partial charge on any atom is 0.252 e. The van der Waals surface area contributed by atoms with Crippen molar-refractivity contribution in [2.75, 3.05) is 19.7 Å². The molecule has 0 saturated heterocycles. The summed E-state index contributed by atoms with van der Waals surface area (Å²) in [7, 11) is 0. The van der Waals surface area contributed by atoms with Crippen LogP contribution >= 0.6 is 0 Å². The van der Waals surface area contributed by atoms with Crippen molar-refractivity contribution < 1.29 is 14.3 Å². The van der Waals surface area contributed by atoms with Crippen LogP contribution in [0.2, 0.25) is 0 Å². The second-order valence-corrected chi connectivity index (χ2v) is 9.32. The van der Waals surface area contributed by atoms with E-state index in [-0.39, 0.29) is 24.9 Å². The van der Waals surface area contributed by atoms with E-state index in [9.17, 15) is 9.59 Å². The van der Waals surface area contributed by atoms with Crippen LogP contribution in [0.1, 0.15) is 86.9 Å². The maximum atomic E-state index is 12.4. The molecule has 0 bridgehead atoms. The Morgan fingerprint density at radius 2 is 1.30 bits per heavy atom. The van der Waals surface area contributed by atoms with E-state index >= 15 is 0 Å². The smallest absolute Gasteiger partial charge is 0.252 e. The molecule has 0 aliphatic heterocycles. The van der Waals surface area contributed by atoms with Gasteiger partial charge in [0.05, 0.1) is 19.7 Å². The van der Waals surface area contributed by atoms with Gasteiger partial charge in [0.15, 0.2) is 0 Å². The Morgan fingerprint density at radius 3 is 1.73 bits per heavy atom. The molecule has 5 heteroatoms. The fourth-order valence-electron chi connectivity index (χ4n) is 3.54. The molecule has 1 aromatic carbocycles. The van der Waals surface area contributed by atoms with Crippen LogP contribution in [0.3, 0.4) is 0 Å². The molecule has 1 rings (SSSR count). The number of benzene rings is 1. The molecule has 2 N–H and O–H groups in total. The predicted molar refractivity (Wildman–Crippen MR) is 135 cm³/mol. The minimum atomic E-state index is -0.355. The Bertz CT molecular complexity index is 770. The van der Waals surface area contributed by atoms with Crippen molar-refractivity contribution in [2.24, 2.45) is 17.8 Å². The van der Waals surface area contributed by atoms with Crippen molar-refractivity contribution in [3.05, 3.63) is 29.3 Å². The summed E-state index contributed by atoms with van der Waals surface area (Å²) in [4.78, 5) is 24.8. The number of hydrogen-bond donors (Lipinski definition) is 2. The van der Waals surface area contributed by atoms with Crippen LogP contribution in [0.5, 0.6) is 5.75 Å². The quantitative estimate of drug-likeness (QED) is 0.289. The highest BCUT2D eigenvalue weighted by molar-refractivity contribution is 6.00. The van der Waals surface area contributed by atoms with Crippen LogP contribution in [0.25, 0.3) is 0 Å². The van der Waals surface area contributed by atoms with Gasteiger partial charge >= 0.3 is 0 Å². The van der Waals surface area contributed by atoms with Crippen LogP contribution in [0, 0.1) is 42.4 Å². The van der Waals surface area contributed by atoms with Gasteiger partial charge in [0, 0.05) is 11.1 Å². The molecule has 0 radical (unpaired) electrons. The summed E-state index contributed by atoms with van der Waals surface area (Å²) in [5, 5.41) is 5.24. The first kappa shape index (κ1) is 28.1. The van der Waals surface area contributed by atoms with Crippen molar-refractivity contribution in [1.82, 2.24) is 10.6 Å². The molecule has 0 heterocycles. The molecular weight excluding hydrogens is 412 g/mol. The van der Waals surface area contributed by atoms with Gasteiger partial charge < -0.3 is 15.4 Å². The summed E-state index contributed by atoms with van der Waals surface area (Å²) in [6.07, 6.45) is 17.5. The molecule has 0 atom stereocenters. The van der Waals surface area contributed by atoms with E-state index in [1.165, 1.54) is 31.7 Å². The zero-order chi connectivity index (χ0) is 24.6. The molecule has 0 aromatic heterocycles. The first-order valence-corrected chi connectivity index (χ1v) is 12.0. The van der Waals surface area contributed by atoms with E-state index in [0.29, 0.717) is 41.2 Å². The Morgan fingerprint density at radius 1 is 0.818 bits per heavy atom. The monoisotopic (exact) mass is 452 g/mol. The molecule has 2 amide bonds. The van der Waals surface area contributed by atoms with E-state index in [1.54, 1.807) is 12.1 Å². The maximum absolute atomic E-state index is 12.4. The van der Waals surface area contributed by atoms with Crippen LogP contribution in [-0.2, 0) is 0 Å². The zero-order valence-corrected chi connectivity index (χ0v) is 20.7. The van der Waals surface area contributed by atoms with Crippen LogP contribution in [-0.4, -0.2) is 31.5 Å². The first-order valence-electron chi connectivity index (χ1n) is 12.0. The van der Waals surface area contributed by atoms with Crippen molar-refractivity contribution in [3.63, 3.8) is 0 Å². The normalized spacial score (nSPS) is 10.7. The third kappa shape index (κ3) is 12.0. The summed E-state index contributed by atoms with van der Waals surface area (Å²) in [6, 6.07) is 4.79. The lowest BCUT2D eigenvalue weighted by Gasteiger charge is -2.19. The number of rotatable bonds is 15. The minimum Gasteiger partial charge on any atom is -0.494 e. The molecule has 5 nitrogen and oxygen atoms in total. The zero-order valence-electron chi connectivity index (χ0n) is 20.7. The van der Waals surface area contributed by atoms with Crippen molar-refractivity contribution >= 4 is 11.8 Å². The molecule has 0 aliphatic carbocycles. The molecule has 0 saturated carbocycles. The first-order chi connectivity index (χ1) is 15.8. The lowest BCUT2D eigenvalue weighted by atomic mass is 9.88. The SMILES string of the molecule is C#CCNC(=O)c1cc(OCCCC(CCC(C)C)CCC(C)C)cc(C(=O)NCC#C)c1. The molecular formula is C28H40N2O3. The van der Waals surface area contributed by atoms with Gasteiger partial charge in [-0.1, -0.05) is 65.2 Å². The van der Waals surface area contributed by atoms with E-state index in [0.717, 1.165) is 12.8 Å². The van der Waals surface area contributed by atoms with Gasteiger partial charge in [-0.15, -0.1) is 12.8 Å². The van der Waals surface area contributed by atoms with Gasteiger partial charge in [-0.25, -0.2) is 0 Å². The van der Waals surface area contributed by atoms with Gasteiger partial charge in [-0.05, 0) is 48.8 Å². The Labute approximate surface area is 200 Å². The molecule has 0 spiro atoms. The Kier molecular flexibility index (Phi) is 13.5. The van der Waals surface area contributed by atoms with Gasteiger partial charge in [-0.3, -0.25) is 9.59 Å². The van der Waals surface area contributed by atoms with E-state index < -0.39 is 0 Å². The van der Waals surface area contributed by atoms with Gasteiger partial charge in [0.25, 0.3) is 11.8 Å². The van der Waals surface area contributed by atoms with E-state index in [1.807, 2.05) is 0 Å². The number of carbonyl (C=O) groups excluding carboxylic acids is 2. The summed E-state index contributed by atoms with van der Waals surface area (Å²) in [5.74, 6) is 6.64. The van der Waals surface area contributed by atoms with Crippen molar-refractivity contribution in [3.8, 4) is 30.4 Å². The number of nitrogens with one attached hydrogen (secondary N) is 2. The standard InChI is InChI=1S/C28H40N2O3/c1-7-15-29-27(31)24-18-25(28(32)30-16-8-2)20-26(19-24)33-17-9-10-23(13-11-21(3)4)14-12-22(5)6/h1-2,18-23H,9-17H2,3-6H3,(H,29,31)(H,30,32). The molecule has 0 fully saturated rings. The summed E-state index contributed by atoms with van der Waals surface area (Å²) in [6.45, 7) is 9.83. The predicted octanol–water partition coefficient (Wildman–Crippen LogP) is 5.06. The molecule has 180 valence electrons. The van der Waals surface area contributed by atoms with Gasteiger partial charge in [-0.2, -0.15) is 0 Å². The Balaban J connectivity index is 2.80. The third-order valence-corrected chi connectivity index (χ3v) is 5.46. The fraction of sp³-hybridized carbons (Fsp3) is 0.571. The fourth-order valence-corrected chi connectivity index (χ4v) is 3.54. The second kappa shape index (κ2) is 15.8. The number of terminal acetylenes is 2. The average Bonchev–Trinajstić information content (AvgIpc) is 2.79. The Hall–Kier alpha value is -2.92. The summed E-state index contributed by atoms with van der Waals surface area (Å²) in [5.41, 5.74) is 0.640. The van der Waals surface area contributed by atoms with E-state index in [2.05, 4.69) is 50.2 Å². The van der Waals surface area contributed by atoms with Crippen LogP contribution in [0.15, 0.2) is 18.2 Å². The highest BCUT2D eigenvalue weighted by Gasteiger charge is 2.14. The van der Waals surface area contributed by atoms with Crippen molar-refractivity contribution in [2.45, 2.75) is 66.2 Å². The second-order valence-electron chi connectivity index (χ2n) is 9.32. The number of ether oxygens (including phenoxy) is 1. The van der Waals surface area contributed by atoms with Gasteiger partial charge in [0.2, 0.25) is 0 Å². The highest BCUT2D eigenvalue weighted by Crippen LogP contribution is 2.25. The number of carbonyl (C=O) groups is 2. The molecule has 1 aromatic rings. The molecule has 0 unspecified atom stereocenters. The largest absolute Gasteiger partial charge is 0.494 e. The number of amides is 2. The number of hydrogen-bond acceptors (Lipinski definition) is 3. The molecule has 0 aliphatic rings. The average molecular weight is 453 g/mol. The minimum absolute atomic E-state index is 0.108. The highest BCUT2D eigenvalue weighted by atomic mass is 16.5.